The van der Waals surface area contributed by atoms with Gasteiger partial charge in [-0.25, -0.2) is 9.67 Å². The summed E-state index contributed by atoms with van der Waals surface area (Å²) in [6.45, 7) is 1.82. The number of alkyl halides is 3. The number of anilines is 1. The van der Waals surface area contributed by atoms with E-state index >= 15 is 0 Å². The monoisotopic (exact) mass is 433 g/mol. The molecule has 2 saturated heterocycles. The molecule has 1 unspecified atom stereocenters. The van der Waals surface area contributed by atoms with Gasteiger partial charge in [0, 0.05) is 38.2 Å². The van der Waals surface area contributed by atoms with Crippen LogP contribution < -0.4 is 15.0 Å². The Morgan fingerprint density at radius 3 is 2.48 bits per heavy atom. The van der Waals surface area contributed by atoms with Crippen LogP contribution in [0.25, 0.3) is 16.7 Å². The van der Waals surface area contributed by atoms with E-state index in [1.54, 1.807) is 16.9 Å². The van der Waals surface area contributed by atoms with Crippen molar-refractivity contribution in [2.45, 2.75) is 24.8 Å². The van der Waals surface area contributed by atoms with Crippen molar-refractivity contribution in [2.75, 3.05) is 24.5 Å². The van der Waals surface area contributed by atoms with E-state index in [4.69, 9.17) is 5.10 Å². The van der Waals surface area contributed by atoms with Crippen LogP contribution in [0.1, 0.15) is 18.0 Å². The normalized spacial score (nSPS) is 19.8. The Hall–Kier alpha value is -3.18. The molecule has 162 valence electrons. The molecular weight excluding hydrogens is 415 g/mol. The van der Waals surface area contributed by atoms with Crippen LogP contribution in [0.5, 0.6) is 5.75 Å². The van der Waals surface area contributed by atoms with Crippen LogP contribution in [0.15, 0.2) is 36.5 Å². The lowest BCUT2D eigenvalue weighted by atomic mass is 9.96. The van der Waals surface area contributed by atoms with E-state index in [1.165, 1.54) is 29.2 Å². The number of carbonyl (C=O) groups is 1. The number of pyridine rings is 1. The van der Waals surface area contributed by atoms with Crippen molar-refractivity contribution in [2.24, 2.45) is 0 Å². The van der Waals surface area contributed by atoms with Gasteiger partial charge < -0.3 is 20.1 Å². The Morgan fingerprint density at radius 2 is 1.90 bits per heavy atom. The number of halogens is 3. The molecule has 31 heavy (non-hydrogen) atoms. The van der Waals surface area contributed by atoms with Gasteiger partial charge >= 0.3 is 6.36 Å². The molecule has 2 N–H and O–H groups in total. The molecule has 0 bridgehead atoms. The average molecular weight is 433 g/mol. The van der Waals surface area contributed by atoms with E-state index in [1.807, 2.05) is 0 Å². The summed E-state index contributed by atoms with van der Waals surface area (Å²) >= 11 is 0. The summed E-state index contributed by atoms with van der Waals surface area (Å²) in [4.78, 5) is 18.4. The van der Waals surface area contributed by atoms with Crippen LogP contribution >= 0.6 is 0 Å². The fourth-order valence-electron chi connectivity index (χ4n) is 3.92. The molecule has 5 rings (SSSR count). The van der Waals surface area contributed by atoms with E-state index in [0.717, 1.165) is 18.8 Å². The highest BCUT2D eigenvalue weighted by Gasteiger charge is 2.35. The predicted octanol–water partition coefficient (Wildman–Crippen LogP) is 2.10. The highest BCUT2D eigenvalue weighted by Crippen LogP contribution is 2.37. The quantitative estimate of drug-likeness (QED) is 0.655. The Morgan fingerprint density at radius 1 is 1.16 bits per heavy atom. The molecule has 2 aliphatic heterocycles. The highest BCUT2D eigenvalue weighted by molar-refractivity contribution is 6.06. The van der Waals surface area contributed by atoms with Crippen molar-refractivity contribution in [1.29, 1.82) is 0 Å². The van der Waals surface area contributed by atoms with Gasteiger partial charge in [-0.05, 0) is 30.3 Å². The van der Waals surface area contributed by atoms with E-state index in [9.17, 15) is 23.1 Å². The first-order chi connectivity index (χ1) is 14.8. The van der Waals surface area contributed by atoms with Gasteiger partial charge in [-0.1, -0.05) is 0 Å². The summed E-state index contributed by atoms with van der Waals surface area (Å²) in [6.07, 6.45) is -3.91. The second-order valence-electron chi connectivity index (χ2n) is 7.52. The Labute approximate surface area is 174 Å². The number of carbonyl (C=O) groups excluding carboxylic acids is 1. The molecule has 0 aliphatic carbocycles. The summed E-state index contributed by atoms with van der Waals surface area (Å²) in [5.41, 5.74) is 2.37. The first-order valence-electron chi connectivity index (χ1n) is 9.76. The van der Waals surface area contributed by atoms with Crippen LogP contribution in [0.3, 0.4) is 0 Å². The maximum absolute atomic E-state index is 12.5. The van der Waals surface area contributed by atoms with Crippen molar-refractivity contribution < 1.29 is 27.8 Å². The third kappa shape index (κ3) is 3.49. The van der Waals surface area contributed by atoms with Gasteiger partial charge in [0.1, 0.15) is 11.9 Å². The van der Waals surface area contributed by atoms with Crippen LogP contribution in [0, 0.1) is 0 Å². The number of amides is 1. The van der Waals surface area contributed by atoms with E-state index in [-0.39, 0.29) is 17.6 Å². The van der Waals surface area contributed by atoms with Gasteiger partial charge in [0.15, 0.2) is 5.65 Å². The van der Waals surface area contributed by atoms with Gasteiger partial charge in [0.2, 0.25) is 0 Å². The average Bonchev–Trinajstić information content (AvgIpc) is 3.21. The molecule has 2 aromatic heterocycles. The third-order valence-corrected chi connectivity index (χ3v) is 5.52. The molecule has 2 fully saturated rings. The zero-order valence-electron chi connectivity index (χ0n) is 16.1. The molecule has 0 saturated carbocycles. The summed E-state index contributed by atoms with van der Waals surface area (Å²) < 4.78 is 42.9. The molecule has 0 spiro atoms. The summed E-state index contributed by atoms with van der Waals surface area (Å²) in [6, 6.07) is 7.08. The number of hydrogen-bond donors (Lipinski definition) is 2. The highest BCUT2D eigenvalue weighted by atomic mass is 19.4. The van der Waals surface area contributed by atoms with Crippen molar-refractivity contribution in [1.82, 2.24) is 20.1 Å². The number of aromatic nitrogens is 3. The zero-order chi connectivity index (χ0) is 21.8. The van der Waals surface area contributed by atoms with E-state index in [2.05, 4.69) is 15.0 Å². The second kappa shape index (κ2) is 7.20. The van der Waals surface area contributed by atoms with E-state index < -0.39 is 12.5 Å². The minimum atomic E-state index is -4.77. The molecule has 11 heteroatoms. The zero-order valence-corrected chi connectivity index (χ0v) is 16.1. The number of aliphatic hydroxyl groups is 1. The minimum absolute atomic E-state index is 0.113. The number of hydrogen-bond acceptors (Lipinski definition) is 6. The van der Waals surface area contributed by atoms with Crippen molar-refractivity contribution in [3.05, 3.63) is 42.2 Å². The molecule has 1 amide bonds. The molecule has 0 radical (unpaired) electrons. The fourth-order valence-corrected chi connectivity index (χ4v) is 3.92. The lowest BCUT2D eigenvalue weighted by Gasteiger charge is -2.26. The predicted molar refractivity (Wildman–Crippen MR) is 104 cm³/mol. The smallest absolute Gasteiger partial charge is 0.406 e. The lowest BCUT2D eigenvalue weighted by Crippen LogP contribution is -2.40. The van der Waals surface area contributed by atoms with Gasteiger partial charge in [-0.3, -0.25) is 4.79 Å². The Bertz CT molecular complexity index is 1140. The van der Waals surface area contributed by atoms with Gasteiger partial charge in [0.25, 0.3) is 5.91 Å². The van der Waals surface area contributed by atoms with Crippen LogP contribution in [0.4, 0.5) is 18.9 Å². The molecule has 8 nitrogen and oxygen atoms in total. The molecule has 4 heterocycles. The maximum Gasteiger partial charge on any atom is 0.573 e. The summed E-state index contributed by atoms with van der Waals surface area (Å²) in [5.74, 6) is -0.588. The first kappa shape index (κ1) is 19.8. The third-order valence-electron chi connectivity index (χ3n) is 5.52. The van der Waals surface area contributed by atoms with Gasteiger partial charge in [-0.2, -0.15) is 5.10 Å². The van der Waals surface area contributed by atoms with Gasteiger partial charge in [0.05, 0.1) is 22.5 Å². The second-order valence-corrected chi connectivity index (χ2v) is 7.52. The van der Waals surface area contributed by atoms with Crippen LogP contribution in [0.2, 0.25) is 0 Å². The summed E-state index contributed by atoms with van der Waals surface area (Å²) in [7, 11) is 0. The molecular formula is C20H18F3N5O3. The van der Waals surface area contributed by atoms with Crippen molar-refractivity contribution >= 4 is 22.6 Å². The molecule has 2 aliphatic rings. The van der Waals surface area contributed by atoms with Gasteiger partial charge in [-0.15, -0.1) is 13.2 Å². The standard InChI is InChI=1S/C20H18F3N5O3/c21-20(22,23)31-13-3-1-12(2-4-13)28-18-16(17(26-28)11-9-24-10-11)14(5-7-25-18)27-8-6-15(29)19(27)30/h1-5,7,11,15,24,29H,6,8-10H2. The lowest BCUT2D eigenvalue weighted by molar-refractivity contribution is -0.274. The topological polar surface area (TPSA) is 92.5 Å². The number of benzene rings is 1. The number of ether oxygens (including phenoxy) is 1. The SMILES string of the molecule is O=C1C(O)CCN1c1ccnc2c1c(C1CNC1)nn2-c1ccc(OC(F)(F)F)cc1. The number of rotatable bonds is 4. The maximum atomic E-state index is 12.5. The van der Waals surface area contributed by atoms with Crippen LogP contribution in [-0.4, -0.2) is 57.9 Å². The molecule has 3 aromatic rings. The van der Waals surface area contributed by atoms with Crippen LogP contribution in [-0.2, 0) is 4.79 Å². The fraction of sp³-hybridized carbons (Fsp3) is 0.350. The Kier molecular flexibility index (Phi) is 4.59. The Balaban J connectivity index is 1.61. The first-order valence-corrected chi connectivity index (χ1v) is 9.76. The summed E-state index contributed by atoms with van der Waals surface area (Å²) in [5, 5.41) is 18.5. The van der Waals surface area contributed by atoms with Crippen molar-refractivity contribution in [3.8, 4) is 11.4 Å². The largest absolute Gasteiger partial charge is 0.573 e. The number of nitrogens with zero attached hydrogens (tertiary/aromatic N) is 4. The van der Waals surface area contributed by atoms with Crippen molar-refractivity contribution in [3.63, 3.8) is 0 Å². The number of fused-ring (bicyclic) bond motifs is 1. The van der Waals surface area contributed by atoms with E-state index in [0.29, 0.717) is 35.4 Å². The molecule has 1 aromatic carbocycles. The number of nitrogens with one attached hydrogen (secondary N) is 1. The molecule has 1 atom stereocenters. The minimum Gasteiger partial charge on any atom is -0.406 e. The number of aliphatic hydroxyl groups excluding tert-OH is 1.